The molecule has 0 aliphatic carbocycles. The second-order valence-corrected chi connectivity index (χ2v) is 2.85. The Morgan fingerprint density at radius 3 is 2.67 bits per heavy atom. The van der Waals surface area contributed by atoms with Crippen molar-refractivity contribution in [1.82, 2.24) is 0 Å². The van der Waals surface area contributed by atoms with E-state index in [1.807, 2.05) is 0 Å². The Labute approximate surface area is 69.2 Å². The molecule has 1 fully saturated rings. The first-order valence-electron chi connectivity index (χ1n) is 3.56. The predicted octanol–water partition coefficient (Wildman–Crippen LogP) is 0.990. The highest BCUT2D eigenvalue weighted by Crippen LogP contribution is 2.25. The van der Waals surface area contributed by atoms with Gasteiger partial charge < -0.3 is 4.74 Å². The lowest BCUT2D eigenvalue weighted by Crippen LogP contribution is -2.21. The number of cyclic esters (lactones) is 2. The van der Waals surface area contributed by atoms with Gasteiger partial charge in [-0.2, -0.15) is 0 Å². The monoisotopic (exact) mass is 172 g/mol. The lowest BCUT2D eigenvalue weighted by molar-refractivity contribution is -0.153. The molecule has 0 aromatic heterocycles. The molecule has 0 radical (unpaired) electrons. The number of hydrogen-bond acceptors (Lipinski definition) is 3. The van der Waals surface area contributed by atoms with E-state index < -0.39 is 24.0 Å². The Kier molecular flexibility index (Phi) is 2.26. The van der Waals surface area contributed by atoms with Gasteiger partial charge >= 0.3 is 11.9 Å². The van der Waals surface area contributed by atoms with Gasteiger partial charge in [-0.25, -0.2) is 4.39 Å². The van der Waals surface area contributed by atoms with E-state index in [-0.39, 0.29) is 12.0 Å². The molecule has 0 aromatic rings. The third-order valence-corrected chi connectivity index (χ3v) is 1.73. The van der Waals surface area contributed by atoms with Crippen LogP contribution < -0.4 is 0 Å². The number of alkyl halides is 1. The van der Waals surface area contributed by atoms with Gasteiger partial charge in [0.05, 0.1) is 6.42 Å². The molecule has 1 saturated heterocycles. The fourth-order valence-corrected chi connectivity index (χ4v) is 1.06. The van der Waals surface area contributed by atoms with Gasteiger partial charge in [-0.05, 0) is 12.5 Å². The van der Waals surface area contributed by atoms with E-state index in [0.29, 0.717) is 0 Å². The highest BCUT2D eigenvalue weighted by atomic mass is 19.1. The normalized spacial score (nSPS) is 25.3. The van der Waals surface area contributed by atoms with Crippen LogP contribution in [0.15, 0.2) is 12.2 Å². The van der Waals surface area contributed by atoms with Crippen LogP contribution in [0.25, 0.3) is 0 Å². The lowest BCUT2D eigenvalue weighted by Gasteiger charge is -2.09. The number of esters is 2. The average Bonchev–Trinajstić information content (AvgIpc) is 2.28. The third-order valence-electron chi connectivity index (χ3n) is 1.73. The molecule has 2 unspecified atom stereocenters. The Morgan fingerprint density at radius 2 is 2.33 bits per heavy atom. The third kappa shape index (κ3) is 1.52. The Bertz CT molecular complexity index is 247. The number of hydrogen-bond donors (Lipinski definition) is 0. The molecule has 0 amide bonds. The molecule has 66 valence electrons. The summed E-state index contributed by atoms with van der Waals surface area (Å²) in [5.74, 6) is -2.42. The molecule has 12 heavy (non-hydrogen) atoms. The first kappa shape index (κ1) is 8.90. The average molecular weight is 172 g/mol. The molecule has 1 aliphatic rings. The number of rotatable bonds is 2. The Balaban J connectivity index is 2.70. The maximum atomic E-state index is 13.1. The van der Waals surface area contributed by atoms with E-state index in [1.165, 1.54) is 6.92 Å². The summed E-state index contributed by atoms with van der Waals surface area (Å²) in [5, 5.41) is 0. The molecular weight excluding hydrogens is 163 g/mol. The van der Waals surface area contributed by atoms with E-state index in [4.69, 9.17) is 0 Å². The van der Waals surface area contributed by atoms with E-state index in [1.54, 1.807) is 0 Å². The molecule has 1 rings (SSSR count). The minimum absolute atomic E-state index is 0.174. The van der Waals surface area contributed by atoms with Crippen molar-refractivity contribution in [1.29, 1.82) is 0 Å². The van der Waals surface area contributed by atoms with Crippen LogP contribution in [-0.4, -0.2) is 18.1 Å². The van der Waals surface area contributed by atoms with Crippen LogP contribution in [0, 0.1) is 5.92 Å². The molecule has 0 N–H and O–H groups in total. The van der Waals surface area contributed by atoms with Crippen molar-refractivity contribution in [3.8, 4) is 0 Å². The lowest BCUT2D eigenvalue weighted by atomic mass is 9.97. The summed E-state index contributed by atoms with van der Waals surface area (Å²) in [6, 6.07) is 0. The van der Waals surface area contributed by atoms with E-state index in [2.05, 4.69) is 11.3 Å². The van der Waals surface area contributed by atoms with Crippen molar-refractivity contribution >= 4 is 11.9 Å². The van der Waals surface area contributed by atoms with Crippen LogP contribution in [0.5, 0.6) is 0 Å². The van der Waals surface area contributed by atoms with Crippen LogP contribution >= 0.6 is 0 Å². The molecule has 0 aromatic carbocycles. The number of halogens is 1. The number of ether oxygens (including phenoxy) is 1. The highest BCUT2D eigenvalue weighted by molar-refractivity contribution is 5.95. The van der Waals surface area contributed by atoms with Gasteiger partial charge in [-0.15, -0.1) is 0 Å². The summed E-state index contributed by atoms with van der Waals surface area (Å²) in [4.78, 5) is 21.4. The molecule has 2 atom stereocenters. The van der Waals surface area contributed by atoms with Gasteiger partial charge in [0.1, 0.15) is 12.1 Å². The van der Waals surface area contributed by atoms with Crippen molar-refractivity contribution in [2.45, 2.75) is 19.5 Å². The maximum absolute atomic E-state index is 13.1. The van der Waals surface area contributed by atoms with Crippen molar-refractivity contribution in [3.63, 3.8) is 0 Å². The molecule has 0 saturated carbocycles. The fourth-order valence-electron chi connectivity index (χ4n) is 1.06. The van der Waals surface area contributed by atoms with Gasteiger partial charge in [0.15, 0.2) is 0 Å². The quantitative estimate of drug-likeness (QED) is 0.354. The number of carbonyl (C=O) groups is 2. The summed E-state index contributed by atoms with van der Waals surface area (Å²) in [6.45, 7) is 4.84. The maximum Gasteiger partial charge on any atom is 0.320 e. The highest BCUT2D eigenvalue weighted by Gasteiger charge is 2.39. The Hall–Kier alpha value is -1.19. The molecule has 4 heteroatoms. The molecular formula is C8H9FO3. The van der Waals surface area contributed by atoms with Crippen molar-refractivity contribution in [2.75, 3.05) is 0 Å². The standard InChI is InChI=1S/C8H9FO3/c1-4(2)7(9)5-3-6(10)12-8(5)11/h5,7H,1,3H2,2H3. The molecule has 0 spiro atoms. The zero-order chi connectivity index (χ0) is 9.30. The van der Waals surface area contributed by atoms with Crippen molar-refractivity contribution in [3.05, 3.63) is 12.2 Å². The molecule has 1 heterocycles. The second-order valence-electron chi connectivity index (χ2n) is 2.85. The fraction of sp³-hybridized carbons (Fsp3) is 0.500. The van der Waals surface area contributed by atoms with Crippen molar-refractivity contribution < 1.29 is 18.7 Å². The summed E-state index contributed by atoms with van der Waals surface area (Å²) >= 11 is 0. The summed E-state index contributed by atoms with van der Waals surface area (Å²) in [6.07, 6.45) is -1.64. The summed E-state index contributed by atoms with van der Waals surface area (Å²) in [5.41, 5.74) is 0.242. The number of allylic oxidation sites excluding steroid dienone is 1. The largest absolute Gasteiger partial charge is 0.393 e. The first-order valence-corrected chi connectivity index (χ1v) is 3.56. The molecule has 3 nitrogen and oxygen atoms in total. The van der Waals surface area contributed by atoms with Gasteiger partial charge in [0.25, 0.3) is 0 Å². The zero-order valence-electron chi connectivity index (χ0n) is 6.67. The summed E-state index contributed by atoms with van der Waals surface area (Å²) in [7, 11) is 0. The van der Waals surface area contributed by atoms with Crippen LogP contribution in [-0.2, 0) is 14.3 Å². The first-order chi connectivity index (χ1) is 5.52. The smallest absolute Gasteiger partial charge is 0.320 e. The van der Waals surface area contributed by atoms with Crippen molar-refractivity contribution in [2.24, 2.45) is 5.92 Å². The Morgan fingerprint density at radius 1 is 1.75 bits per heavy atom. The van der Waals surface area contributed by atoms with E-state index in [0.717, 1.165) is 0 Å². The minimum Gasteiger partial charge on any atom is -0.393 e. The SMILES string of the molecule is C=C(C)C(F)C1CC(=O)OC1=O. The van der Waals surface area contributed by atoms with Crippen LogP contribution in [0.4, 0.5) is 4.39 Å². The molecule has 0 bridgehead atoms. The summed E-state index contributed by atoms with van der Waals surface area (Å²) < 4.78 is 17.3. The van der Waals surface area contributed by atoms with Crippen LogP contribution in [0.2, 0.25) is 0 Å². The predicted molar refractivity (Wildman–Crippen MR) is 38.9 cm³/mol. The zero-order valence-corrected chi connectivity index (χ0v) is 6.67. The van der Waals surface area contributed by atoms with Crippen LogP contribution in [0.1, 0.15) is 13.3 Å². The molecule has 1 aliphatic heterocycles. The number of carbonyl (C=O) groups excluding carboxylic acids is 2. The van der Waals surface area contributed by atoms with Gasteiger partial charge in [0.2, 0.25) is 0 Å². The van der Waals surface area contributed by atoms with E-state index in [9.17, 15) is 14.0 Å². The van der Waals surface area contributed by atoms with Gasteiger partial charge in [0, 0.05) is 0 Å². The second kappa shape index (κ2) is 3.05. The topological polar surface area (TPSA) is 43.4 Å². The minimum atomic E-state index is -1.47. The van der Waals surface area contributed by atoms with Gasteiger partial charge in [-0.1, -0.05) is 6.58 Å². The van der Waals surface area contributed by atoms with E-state index >= 15 is 0 Å². The van der Waals surface area contributed by atoms with Gasteiger partial charge in [-0.3, -0.25) is 9.59 Å². The van der Waals surface area contributed by atoms with Crippen LogP contribution in [0.3, 0.4) is 0 Å².